The molecule has 6 heteroatoms. The van der Waals surface area contributed by atoms with Crippen molar-refractivity contribution < 1.29 is 4.79 Å². The second kappa shape index (κ2) is 5.46. The van der Waals surface area contributed by atoms with Gasteiger partial charge in [0.05, 0.1) is 0 Å². The molecule has 1 saturated heterocycles. The molecule has 1 aliphatic rings. The van der Waals surface area contributed by atoms with Gasteiger partial charge in [-0.05, 0) is 26.7 Å². The number of rotatable bonds is 2. The van der Waals surface area contributed by atoms with E-state index in [-0.39, 0.29) is 6.03 Å². The van der Waals surface area contributed by atoms with Crippen LogP contribution in [0.1, 0.15) is 33.1 Å². The van der Waals surface area contributed by atoms with E-state index >= 15 is 0 Å². The maximum atomic E-state index is 11.8. The number of piperidine rings is 1. The van der Waals surface area contributed by atoms with E-state index in [2.05, 4.69) is 29.6 Å². The lowest BCUT2D eigenvalue weighted by atomic mass is 10.00. The molecule has 1 fully saturated rings. The Kier molecular flexibility index (Phi) is 3.96. The highest BCUT2D eigenvalue weighted by Gasteiger charge is 2.26. The lowest BCUT2D eigenvalue weighted by Gasteiger charge is -2.38. The zero-order valence-electron chi connectivity index (χ0n) is 10.1. The summed E-state index contributed by atoms with van der Waals surface area (Å²) < 4.78 is 0. The molecule has 17 heavy (non-hydrogen) atoms. The Balaban J connectivity index is 1.88. The van der Waals surface area contributed by atoms with Crippen molar-refractivity contribution in [2.45, 2.75) is 45.2 Å². The summed E-state index contributed by atoms with van der Waals surface area (Å²) in [4.78, 5) is 15.8. The van der Waals surface area contributed by atoms with E-state index in [1.807, 2.05) is 10.4 Å². The van der Waals surface area contributed by atoms with Gasteiger partial charge >= 0.3 is 6.03 Å². The van der Waals surface area contributed by atoms with Gasteiger partial charge in [0.15, 0.2) is 5.13 Å². The van der Waals surface area contributed by atoms with Crippen LogP contribution in [-0.2, 0) is 0 Å². The summed E-state index contributed by atoms with van der Waals surface area (Å²) in [5.74, 6) is 0. The first-order chi connectivity index (χ1) is 8.16. The molecule has 0 spiro atoms. The van der Waals surface area contributed by atoms with Crippen LogP contribution in [0.3, 0.4) is 0 Å². The number of urea groups is 1. The van der Waals surface area contributed by atoms with E-state index in [1.54, 1.807) is 6.20 Å². The molecule has 0 aliphatic carbocycles. The largest absolute Gasteiger partial charge is 0.335 e. The molecule has 5 nitrogen and oxygen atoms in total. The molecule has 0 aromatic carbocycles. The van der Waals surface area contributed by atoms with E-state index < -0.39 is 0 Å². The minimum absolute atomic E-state index is 0.208. The van der Waals surface area contributed by atoms with Gasteiger partial charge in [0.2, 0.25) is 0 Å². The zero-order chi connectivity index (χ0) is 12.3. The first-order valence-corrected chi connectivity index (χ1v) is 6.80. The van der Waals surface area contributed by atoms with Crippen LogP contribution in [0, 0.1) is 0 Å². The third-order valence-electron chi connectivity index (χ3n) is 3.08. The van der Waals surface area contributed by atoms with Gasteiger partial charge in [-0.15, -0.1) is 11.3 Å². The molecular formula is C11H18N4OS. The Morgan fingerprint density at radius 1 is 1.47 bits per heavy atom. The summed E-state index contributed by atoms with van der Waals surface area (Å²) in [6.07, 6.45) is 5.16. The summed E-state index contributed by atoms with van der Waals surface area (Å²) in [5.41, 5.74) is 2.91. The van der Waals surface area contributed by atoms with E-state index in [4.69, 9.17) is 0 Å². The second-order valence-corrected chi connectivity index (χ2v) is 5.33. The first-order valence-electron chi connectivity index (χ1n) is 5.92. The fourth-order valence-electron chi connectivity index (χ4n) is 2.17. The van der Waals surface area contributed by atoms with Crippen molar-refractivity contribution in [2.75, 3.05) is 5.32 Å². The number of nitrogens with one attached hydrogen (secondary N) is 2. The van der Waals surface area contributed by atoms with Crippen molar-refractivity contribution in [3.05, 3.63) is 11.6 Å². The molecule has 2 amide bonds. The normalized spacial score (nSPS) is 25.5. The summed E-state index contributed by atoms with van der Waals surface area (Å²) >= 11 is 1.41. The van der Waals surface area contributed by atoms with Crippen LogP contribution >= 0.6 is 11.3 Å². The number of nitrogens with zero attached hydrogens (tertiary/aromatic N) is 2. The standard InChI is InChI=1S/C11H18N4OS/c1-8-4-3-5-9(2)15(8)14-10(16)13-11-12-6-7-17-11/h6-9H,3-5H2,1-2H3,(H2,12,13,14,16)/t8-,9+. The van der Waals surface area contributed by atoms with Gasteiger partial charge in [-0.1, -0.05) is 6.42 Å². The highest BCUT2D eigenvalue weighted by molar-refractivity contribution is 7.13. The Hall–Kier alpha value is -1.14. The van der Waals surface area contributed by atoms with E-state index in [0.29, 0.717) is 17.2 Å². The smallest absolute Gasteiger partial charge is 0.283 e. The Morgan fingerprint density at radius 3 is 2.76 bits per heavy atom. The predicted molar refractivity (Wildman–Crippen MR) is 68.9 cm³/mol. The molecule has 0 bridgehead atoms. The number of hydrogen-bond donors (Lipinski definition) is 2. The van der Waals surface area contributed by atoms with Crippen LogP contribution in [0.2, 0.25) is 0 Å². The molecule has 94 valence electrons. The number of amides is 2. The van der Waals surface area contributed by atoms with Crippen molar-refractivity contribution in [3.8, 4) is 0 Å². The lowest BCUT2D eigenvalue weighted by molar-refractivity contribution is 0.0625. The van der Waals surface area contributed by atoms with Crippen molar-refractivity contribution >= 4 is 22.5 Å². The first kappa shape index (κ1) is 12.3. The number of hydrogen-bond acceptors (Lipinski definition) is 4. The Labute approximate surface area is 105 Å². The van der Waals surface area contributed by atoms with Crippen LogP contribution in [0.4, 0.5) is 9.93 Å². The van der Waals surface area contributed by atoms with Crippen molar-refractivity contribution in [1.29, 1.82) is 0 Å². The van der Waals surface area contributed by atoms with Gasteiger partial charge in [-0.3, -0.25) is 10.7 Å². The van der Waals surface area contributed by atoms with Crippen molar-refractivity contribution in [3.63, 3.8) is 0 Å². The zero-order valence-corrected chi connectivity index (χ0v) is 11.0. The minimum Gasteiger partial charge on any atom is -0.283 e. The number of hydrazine groups is 1. The van der Waals surface area contributed by atoms with E-state index in [9.17, 15) is 4.79 Å². The van der Waals surface area contributed by atoms with Gasteiger partial charge in [-0.25, -0.2) is 14.8 Å². The van der Waals surface area contributed by atoms with Crippen LogP contribution < -0.4 is 10.7 Å². The molecule has 0 saturated carbocycles. The summed E-state index contributed by atoms with van der Waals surface area (Å²) in [6.45, 7) is 4.28. The fraction of sp³-hybridized carbons (Fsp3) is 0.636. The van der Waals surface area contributed by atoms with Gasteiger partial charge in [0.25, 0.3) is 0 Å². The monoisotopic (exact) mass is 254 g/mol. The SMILES string of the molecule is C[C@@H]1CCC[C@H](C)N1NC(=O)Nc1nccs1. The van der Waals surface area contributed by atoms with E-state index in [0.717, 1.165) is 12.8 Å². The highest BCUT2D eigenvalue weighted by atomic mass is 32.1. The molecule has 2 N–H and O–H groups in total. The second-order valence-electron chi connectivity index (χ2n) is 4.44. The average Bonchev–Trinajstić information content (AvgIpc) is 2.76. The summed E-state index contributed by atoms with van der Waals surface area (Å²) in [7, 11) is 0. The van der Waals surface area contributed by atoms with Gasteiger partial charge in [-0.2, -0.15) is 0 Å². The highest BCUT2D eigenvalue weighted by Crippen LogP contribution is 2.20. The van der Waals surface area contributed by atoms with Gasteiger partial charge in [0, 0.05) is 23.7 Å². The predicted octanol–water partition coefficient (Wildman–Crippen LogP) is 2.44. The van der Waals surface area contributed by atoms with Crippen LogP contribution in [-0.4, -0.2) is 28.1 Å². The lowest BCUT2D eigenvalue weighted by Crippen LogP contribution is -2.55. The molecule has 2 heterocycles. The Bertz CT molecular complexity index is 358. The average molecular weight is 254 g/mol. The van der Waals surface area contributed by atoms with Gasteiger partial charge in [0.1, 0.15) is 0 Å². The summed E-state index contributed by atoms with van der Waals surface area (Å²) in [5, 5.41) is 7.22. The third kappa shape index (κ3) is 3.17. The molecule has 0 radical (unpaired) electrons. The van der Waals surface area contributed by atoms with Gasteiger partial charge < -0.3 is 0 Å². The van der Waals surface area contributed by atoms with Crippen molar-refractivity contribution in [2.24, 2.45) is 0 Å². The van der Waals surface area contributed by atoms with Crippen LogP contribution in [0.5, 0.6) is 0 Å². The minimum atomic E-state index is -0.208. The maximum Gasteiger partial charge on any atom is 0.335 e. The number of thiazole rings is 1. The number of carbonyl (C=O) groups is 1. The molecule has 1 aromatic heterocycles. The molecule has 1 aromatic rings. The molecule has 0 unspecified atom stereocenters. The molecule has 2 atom stereocenters. The quantitative estimate of drug-likeness (QED) is 0.852. The molecule has 2 rings (SSSR count). The topological polar surface area (TPSA) is 57.3 Å². The fourth-order valence-corrected chi connectivity index (χ4v) is 2.69. The van der Waals surface area contributed by atoms with E-state index in [1.165, 1.54) is 17.8 Å². The number of anilines is 1. The van der Waals surface area contributed by atoms with Crippen molar-refractivity contribution in [1.82, 2.24) is 15.4 Å². The molecular weight excluding hydrogens is 236 g/mol. The third-order valence-corrected chi connectivity index (χ3v) is 3.77. The maximum absolute atomic E-state index is 11.8. The number of carbonyl (C=O) groups excluding carboxylic acids is 1. The summed E-state index contributed by atoms with van der Waals surface area (Å²) in [6, 6.07) is 0.571. The van der Waals surface area contributed by atoms with Crippen LogP contribution in [0.25, 0.3) is 0 Å². The Morgan fingerprint density at radius 2 is 2.18 bits per heavy atom. The van der Waals surface area contributed by atoms with Crippen LogP contribution in [0.15, 0.2) is 11.6 Å². The molecule has 1 aliphatic heterocycles. The number of aromatic nitrogens is 1.